The summed E-state index contributed by atoms with van der Waals surface area (Å²) < 4.78 is 28.7. The van der Waals surface area contributed by atoms with Crippen molar-refractivity contribution in [3.05, 3.63) is 60.2 Å². The lowest BCUT2D eigenvalue weighted by Crippen LogP contribution is -2.16. The summed E-state index contributed by atoms with van der Waals surface area (Å²) in [5.74, 6) is 0.578. The van der Waals surface area contributed by atoms with Crippen molar-refractivity contribution in [3.63, 3.8) is 0 Å². The second-order valence-corrected chi connectivity index (χ2v) is 5.55. The molecule has 20 heavy (non-hydrogen) atoms. The van der Waals surface area contributed by atoms with Gasteiger partial charge in [0.1, 0.15) is 5.75 Å². The van der Waals surface area contributed by atoms with Gasteiger partial charge in [0.05, 0.1) is 18.6 Å². The monoisotopic (exact) mass is 292 g/mol. The van der Waals surface area contributed by atoms with E-state index in [9.17, 15) is 8.42 Å². The molecule has 0 saturated heterocycles. The lowest BCUT2D eigenvalue weighted by molar-refractivity contribution is 0.0726. The highest BCUT2D eigenvalue weighted by Gasteiger charge is 2.16. The van der Waals surface area contributed by atoms with Crippen LogP contribution < -0.4 is 9.62 Å². The van der Waals surface area contributed by atoms with Gasteiger partial charge < -0.3 is 4.74 Å². The Morgan fingerprint density at radius 1 is 1.00 bits per heavy atom. The van der Waals surface area contributed by atoms with Crippen LogP contribution in [-0.4, -0.2) is 15.5 Å². The van der Waals surface area contributed by atoms with Gasteiger partial charge >= 0.3 is 0 Å². The number of sulfonamides is 1. The van der Waals surface area contributed by atoms with E-state index in [4.69, 9.17) is 9.57 Å². The number of benzene rings is 2. The third-order valence-electron chi connectivity index (χ3n) is 2.58. The normalized spacial score (nSPS) is 11.2. The molecule has 0 fully saturated rings. The summed E-state index contributed by atoms with van der Waals surface area (Å²) >= 11 is 0. The quantitative estimate of drug-likeness (QED) is 0.765. The molecule has 2 aromatic rings. The second kappa shape index (κ2) is 6.51. The number of hydrogen-bond acceptors (Lipinski definition) is 4. The molecule has 0 heterocycles. The lowest BCUT2D eigenvalue weighted by atomic mass is 10.2. The van der Waals surface area contributed by atoms with Gasteiger partial charge in [0.2, 0.25) is 0 Å². The predicted octanol–water partition coefficient (Wildman–Crippen LogP) is 2.12. The highest BCUT2D eigenvalue weighted by Crippen LogP contribution is 2.16. The van der Waals surface area contributed by atoms with Crippen molar-refractivity contribution in [3.8, 4) is 5.75 Å². The molecule has 0 saturated carbocycles. The molecule has 2 rings (SSSR count). The zero-order valence-electron chi connectivity index (χ0n) is 10.9. The second-order valence-electron chi connectivity index (χ2n) is 3.98. The van der Waals surface area contributed by atoms with Gasteiger partial charge in [0.15, 0.2) is 0 Å². The smallest absolute Gasteiger partial charge is 0.281 e. The highest BCUT2D eigenvalue weighted by molar-refractivity contribution is 7.89. The molecular formula is C14H14NO4S. The third-order valence-corrected chi connectivity index (χ3v) is 3.75. The van der Waals surface area contributed by atoms with E-state index < -0.39 is 10.0 Å². The van der Waals surface area contributed by atoms with Gasteiger partial charge in [-0.3, -0.25) is 4.84 Å². The first-order valence-corrected chi connectivity index (χ1v) is 7.33. The van der Waals surface area contributed by atoms with Crippen LogP contribution in [-0.2, 0) is 21.5 Å². The summed E-state index contributed by atoms with van der Waals surface area (Å²) in [6, 6.07) is 15.2. The number of ether oxygens (including phenoxy) is 1. The minimum Gasteiger partial charge on any atom is -0.497 e. The Kier molecular flexibility index (Phi) is 4.73. The Bertz CT molecular complexity index is 639. The minimum atomic E-state index is -3.81. The molecule has 5 nitrogen and oxygen atoms in total. The molecule has 0 aliphatic rings. The fourth-order valence-electron chi connectivity index (χ4n) is 1.54. The van der Waals surface area contributed by atoms with Crippen molar-refractivity contribution < 1.29 is 18.0 Å². The Morgan fingerprint density at radius 2 is 1.65 bits per heavy atom. The fourth-order valence-corrected chi connectivity index (χ4v) is 2.29. The SMILES string of the molecule is COc1ccc(S(=O)(=O)[N]OCc2ccccc2)cc1. The van der Waals surface area contributed by atoms with Crippen molar-refractivity contribution in [1.82, 2.24) is 4.89 Å². The first-order valence-electron chi connectivity index (χ1n) is 5.89. The highest BCUT2D eigenvalue weighted by atomic mass is 32.2. The molecule has 0 aromatic heterocycles. The van der Waals surface area contributed by atoms with Crippen LogP contribution in [0.3, 0.4) is 0 Å². The van der Waals surface area contributed by atoms with E-state index in [1.807, 2.05) is 30.3 Å². The van der Waals surface area contributed by atoms with E-state index in [1.165, 1.54) is 19.2 Å². The summed E-state index contributed by atoms with van der Waals surface area (Å²) in [6.45, 7) is 0.107. The average Bonchev–Trinajstić information content (AvgIpc) is 2.48. The van der Waals surface area contributed by atoms with Crippen LogP contribution in [0.4, 0.5) is 0 Å². The van der Waals surface area contributed by atoms with Crippen molar-refractivity contribution in [1.29, 1.82) is 0 Å². The molecule has 0 atom stereocenters. The largest absolute Gasteiger partial charge is 0.497 e. The summed E-state index contributed by atoms with van der Waals surface area (Å²) in [6.07, 6.45) is 0. The summed E-state index contributed by atoms with van der Waals surface area (Å²) in [4.78, 5) is 8.27. The van der Waals surface area contributed by atoms with E-state index >= 15 is 0 Å². The van der Waals surface area contributed by atoms with Gasteiger partial charge in [-0.1, -0.05) is 30.3 Å². The number of nitrogens with zero attached hydrogens (tertiary/aromatic N) is 1. The molecule has 6 heteroatoms. The maximum atomic E-state index is 11.9. The Balaban J connectivity index is 1.96. The first kappa shape index (κ1) is 14.5. The van der Waals surface area contributed by atoms with Crippen LogP contribution in [0.5, 0.6) is 5.75 Å². The standard InChI is InChI=1S/C14H14NO4S/c1-18-13-7-9-14(10-8-13)20(16,17)15-19-11-12-5-3-2-4-6-12/h2-10H,11H2,1H3. The summed E-state index contributed by atoms with van der Waals surface area (Å²) in [5, 5.41) is 0. The maximum Gasteiger partial charge on any atom is 0.281 e. The van der Waals surface area contributed by atoms with E-state index in [-0.39, 0.29) is 11.5 Å². The van der Waals surface area contributed by atoms with Crippen LogP contribution in [0, 0.1) is 0 Å². The minimum absolute atomic E-state index is 0.0614. The number of hydrogen-bond donors (Lipinski definition) is 0. The molecule has 0 aliphatic carbocycles. The van der Waals surface area contributed by atoms with Crippen LogP contribution in [0.25, 0.3) is 0 Å². The number of rotatable bonds is 6. The van der Waals surface area contributed by atoms with Crippen LogP contribution in [0.15, 0.2) is 59.5 Å². The van der Waals surface area contributed by atoms with Gasteiger partial charge in [0.25, 0.3) is 10.0 Å². The Hall–Kier alpha value is -1.89. The molecule has 0 spiro atoms. The summed E-state index contributed by atoms with van der Waals surface area (Å²) in [5.41, 5.74) is 0.848. The average molecular weight is 292 g/mol. The van der Waals surface area contributed by atoms with Crippen LogP contribution in [0.2, 0.25) is 0 Å². The van der Waals surface area contributed by atoms with Crippen molar-refractivity contribution in [2.45, 2.75) is 11.5 Å². The predicted molar refractivity (Wildman–Crippen MR) is 73.5 cm³/mol. The molecule has 0 unspecified atom stereocenters. The van der Waals surface area contributed by atoms with Crippen molar-refractivity contribution in [2.24, 2.45) is 0 Å². The molecule has 105 valence electrons. The number of methoxy groups -OCH3 is 1. The van der Waals surface area contributed by atoms with E-state index in [0.717, 1.165) is 5.56 Å². The molecule has 1 radical (unpaired) electrons. The van der Waals surface area contributed by atoms with Gasteiger partial charge in [-0.25, -0.2) is 8.42 Å². The lowest BCUT2D eigenvalue weighted by Gasteiger charge is -2.05. The van der Waals surface area contributed by atoms with Gasteiger partial charge in [-0.2, -0.15) is 0 Å². The van der Waals surface area contributed by atoms with E-state index in [1.54, 1.807) is 12.1 Å². The Morgan fingerprint density at radius 3 is 2.25 bits per heavy atom. The van der Waals surface area contributed by atoms with Gasteiger partial charge in [-0.05, 0) is 29.8 Å². The van der Waals surface area contributed by atoms with Gasteiger partial charge in [0, 0.05) is 4.89 Å². The Labute approximate surface area is 118 Å². The van der Waals surface area contributed by atoms with Crippen molar-refractivity contribution in [2.75, 3.05) is 7.11 Å². The van der Waals surface area contributed by atoms with E-state index in [0.29, 0.717) is 5.75 Å². The molecular weight excluding hydrogens is 278 g/mol. The van der Waals surface area contributed by atoms with Crippen molar-refractivity contribution >= 4 is 10.0 Å². The van der Waals surface area contributed by atoms with Crippen LogP contribution in [0.1, 0.15) is 5.56 Å². The zero-order valence-corrected chi connectivity index (χ0v) is 11.7. The third kappa shape index (κ3) is 3.80. The zero-order chi connectivity index (χ0) is 14.4. The molecule has 2 aromatic carbocycles. The topological polar surface area (TPSA) is 66.7 Å². The molecule has 0 amide bonds. The van der Waals surface area contributed by atoms with Gasteiger partial charge in [-0.15, -0.1) is 0 Å². The molecule has 0 bridgehead atoms. The fraction of sp³-hybridized carbons (Fsp3) is 0.143. The molecule has 0 N–H and O–H groups in total. The van der Waals surface area contributed by atoms with E-state index in [2.05, 4.69) is 4.89 Å². The first-order chi connectivity index (χ1) is 9.62. The summed E-state index contributed by atoms with van der Waals surface area (Å²) in [7, 11) is -2.30. The maximum absolute atomic E-state index is 11.9. The molecule has 0 aliphatic heterocycles. The van der Waals surface area contributed by atoms with Crippen LogP contribution >= 0.6 is 0 Å².